The van der Waals surface area contributed by atoms with E-state index >= 15 is 0 Å². The summed E-state index contributed by atoms with van der Waals surface area (Å²) in [6, 6.07) is 15.4. The average Bonchev–Trinajstić information content (AvgIpc) is 2.64. The lowest BCUT2D eigenvalue weighted by Gasteiger charge is -2.10. The van der Waals surface area contributed by atoms with Gasteiger partial charge in [-0.1, -0.05) is 37.3 Å². The summed E-state index contributed by atoms with van der Waals surface area (Å²) in [5, 5.41) is 12.1. The number of aryl methyl sites for hydroxylation is 1. The van der Waals surface area contributed by atoms with Gasteiger partial charge in [0.1, 0.15) is 0 Å². The van der Waals surface area contributed by atoms with Crippen LogP contribution in [0.2, 0.25) is 0 Å². The second kappa shape index (κ2) is 9.47. The molecule has 0 fully saturated rings. The summed E-state index contributed by atoms with van der Waals surface area (Å²) in [6.45, 7) is 2.92. The van der Waals surface area contributed by atoms with Crippen LogP contribution in [0.25, 0.3) is 0 Å². The fourth-order valence-electron chi connectivity index (χ4n) is 2.29. The van der Waals surface area contributed by atoms with Crippen LogP contribution >= 0.6 is 0 Å². The molecule has 5 nitrogen and oxygen atoms in total. The van der Waals surface area contributed by atoms with E-state index < -0.39 is 5.91 Å². The van der Waals surface area contributed by atoms with Crippen molar-refractivity contribution < 1.29 is 10.0 Å². The summed E-state index contributed by atoms with van der Waals surface area (Å²) in [5.41, 5.74) is 4.85. The van der Waals surface area contributed by atoms with E-state index in [2.05, 4.69) is 29.4 Å². The summed E-state index contributed by atoms with van der Waals surface area (Å²) in [7, 11) is 0. The van der Waals surface area contributed by atoms with Gasteiger partial charge in [0.05, 0.1) is 11.4 Å². The number of benzene rings is 2. The number of nitrogens with zero attached hydrogens (tertiary/aromatic N) is 1. The fraction of sp³-hybridized carbons (Fsp3) is 0.263. The molecule has 0 unspecified atom stereocenters. The van der Waals surface area contributed by atoms with Gasteiger partial charge in [-0.3, -0.25) is 15.0 Å². The van der Waals surface area contributed by atoms with Crippen molar-refractivity contribution in [3.05, 3.63) is 59.7 Å². The molecule has 2 aromatic rings. The molecule has 0 bridgehead atoms. The van der Waals surface area contributed by atoms with Crippen molar-refractivity contribution >= 4 is 23.5 Å². The number of rotatable bonds is 8. The number of aliphatic imine (C=N–C) groups is 1. The third kappa shape index (κ3) is 5.21. The molecule has 0 aromatic heterocycles. The van der Waals surface area contributed by atoms with Crippen LogP contribution in [0.1, 0.15) is 35.7 Å². The van der Waals surface area contributed by atoms with E-state index in [0.717, 1.165) is 31.5 Å². The van der Waals surface area contributed by atoms with Crippen molar-refractivity contribution in [2.24, 2.45) is 4.99 Å². The minimum atomic E-state index is -0.544. The van der Waals surface area contributed by atoms with Gasteiger partial charge < -0.3 is 5.32 Å². The van der Waals surface area contributed by atoms with E-state index in [1.165, 1.54) is 5.56 Å². The average molecular weight is 325 g/mol. The molecule has 126 valence electrons. The van der Waals surface area contributed by atoms with Gasteiger partial charge in [0.2, 0.25) is 0 Å². The van der Waals surface area contributed by atoms with Gasteiger partial charge in [-0.2, -0.15) is 0 Å². The van der Waals surface area contributed by atoms with Gasteiger partial charge in [0, 0.05) is 18.3 Å². The fourth-order valence-corrected chi connectivity index (χ4v) is 2.29. The maximum absolute atomic E-state index is 11.6. The molecule has 2 aromatic carbocycles. The second-order valence-electron chi connectivity index (χ2n) is 5.44. The van der Waals surface area contributed by atoms with Crippen LogP contribution in [0.15, 0.2) is 53.5 Å². The number of hydroxylamine groups is 1. The van der Waals surface area contributed by atoms with E-state index in [0.29, 0.717) is 11.3 Å². The van der Waals surface area contributed by atoms with Gasteiger partial charge in [-0.15, -0.1) is 0 Å². The summed E-state index contributed by atoms with van der Waals surface area (Å²) in [5.74, 6) is -0.544. The third-order valence-corrected chi connectivity index (χ3v) is 3.56. The summed E-state index contributed by atoms with van der Waals surface area (Å²) in [6.07, 6.45) is 4.59. The summed E-state index contributed by atoms with van der Waals surface area (Å²) in [4.78, 5) is 16.1. The zero-order valence-corrected chi connectivity index (χ0v) is 13.8. The number of carbonyl (C=O) groups excluding carboxylic acids is 1. The van der Waals surface area contributed by atoms with E-state index in [1.54, 1.807) is 17.6 Å². The summed E-state index contributed by atoms with van der Waals surface area (Å²) < 4.78 is 0. The van der Waals surface area contributed by atoms with Crippen molar-refractivity contribution in [1.82, 2.24) is 5.48 Å². The molecule has 0 heterocycles. The zero-order valence-electron chi connectivity index (χ0n) is 13.8. The molecule has 3 N–H and O–H groups in total. The highest BCUT2D eigenvalue weighted by molar-refractivity contribution is 5.95. The number of anilines is 1. The first-order chi connectivity index (χ1) is 11.7. The molecule has 0 aliphatic heterocycles. The molecule has 0 saturated heterocycles. The highest BCUT2D eigenvalue weighted by Gasteiger charge is 2.08. The molecular formula is C19H23N3O2. The molecule has 24 heavy (non-hydrogen) atoms. The normalized spacial score (nSPS) is 10.8. The van der Waals surface area contributed by atoms with Gasteiger partial charge in [-0.05, 0) is 43.0 Å². The Morgan fingerprint density at radius 3 is 2.71 bits per heavy atom. The van der Waals surface area contributed by atoms with Crippen LogP contribution in [0.3, 0.4) is 0 Å². The Hall–Kier alpha value is -2.66. The Morgan fingerprint density at radius 2 is 2.00 bits per heavy atom. The monoisotopic (exact) mass is 325 g/mol. The molecule has 2 rings (SSSR count). The number of carbonyl (C=O) groups is 1. The highest BCUT2D eigenvalue weighted by Crippen LogP contribution is 2.26. The Bertz CT molecular complexity index is 684. The predicted molar refractivity (Wildman–Crippen MR) is 97.4 cm³/mol. The minimum absolute atomic E-state index is 0.370. The van der Waals surface area contributed by atoms with E-state index in [4.69, 9.17) is 5.21 Å². The third-order valence-electron chi connectivity index (χ3n) is 3.56. The molecule has 0 aliphatic carbocycles. The molecule has 0 atom stereocenters. The smallest absolute Gasteiger partial charge is 0.274 e. The molecule has 0 radical (unpaired) electrons. The standard InChI is InChI=1S/C19H23N3O2/c1-2-12-20-17-11-10-16(19(23)22-24)14-18(17)21-13-6-9-15-7-4-3-5-8-15/h3-5,7-8,10-11,13-14,20,24H,2,6,9,12H2,1H3,(H,22,23)/b21-13+. The number of amides is 1. The molecule has 1 amide bonds. The molecule has 5 heteroatoms. The minimum Gasteiger partial charge on any atom is -0.383 e. The highest BCUT2D eigenvalue weighted by atomic mass is 16.5. The molecular weight excluding hydrogens is 302 g/mol. The molecule has 0 aliphatic rings. The topological polar surface area (TPSA) is 73.7 Å². The Morgan fingerprint density at radius 1 is 1.21 bits per heavy atom. The van der Waals surface area contributed by atoms with Crippen molar-refractivity contribution in [2.45, 2.75) is 26.2 Å². The quantitative estimate of drug-likeness (QED) is 0.391. The lowest BCUT2D eigenvalue weighted by atomic mass is 10.1. The first-order valence-corrected chi connectivity index (χ1v) is 8.13. The predicted octanol–water partition coefficient (Wildman–Crippen LogP) is 3.96. The Balaban J connectivity index is 2.09. The summed E-state index contributed by atoms with van der Waals surface area (Å²) >= 11 is 0. The van der Waals surface area contributed by atoms with Crippen LogP contribution < -0.4 is 10.8 Å². The SMILES string of the molecule is CCCNc1ccc(C(=O)NO)cc1/N=C/CCc1ccccc1. The van der Waals surface area contributed by atoms with E-state index in [-0.39, 0.29) is 0 Å². The largest absolute Gasteiger partial charge is 0.383 e. The first-order valence-electron chi connectivity index (χ1n) is 8.13. The van der Waals surface area contributed by atoms with Gasteiger partial charge in [0.25, 0.3) is 5.91 Å². The van der Waals surface area contributed by atoms with Gasteiger partial charge in [-0.25, -0.2) is 5.48 Å². The lowest BCUT2D eigenvalue weighted by Crippen LogP contribution is -2.18. The van der Waals surface area contributed by atoms with Crippen LogP contribution in [-0.4, -0.2) is 23.9 Å². The second-order valence-corrected chi connectivity index (χ2v) is 5.44. The van der Waals surface area contributed by atoms with Crippen LogP contribution in [-0.2, 0) is 6.42 Å². The maximum atomic E-state index is 11.6. The van der Waals surface area contributed by atoms with Gasteiger partial charge in [0.15, 0.2) is 0 Å². The molecule has 0 saturated carbocycles. The van der Waals surface area contributed by atoms with Crippen molar-refractivity contribution in [2.75, 3.05) is 11.9 Å². The number of hydrogen-bond acceptors (Lipinski definition) is 4. The van der Waals surface area contributed by atoms with Crippen molar-refractivity contribution in [3.63, 3.8) is 0 Å². The Kier molecular flexibility index (Phi) is 6.98. The molecule has 0 spiro atoms. The Labute approximate surface area is 142 Å². The van der Waals surface area contributed by atoms with E-state index in [1.807, 2.05) is 30.5 Å². The van der Waals surface area contributed by atoms with Crippen molar-refractivity contribution in [3.8, 4) is 0 Å². The maximum Gasteiger partial charge on any atom is 0.274 e. The number of nitrogens with one attached hydrogen (secondary N) is 2. The van der Waals surface area contributed by atoms with Gasteiger partial charge >= 0.3 is 0 Å². The van der Waals surface area contributed by atoms with Crippen molar-refractivity contribution in [1.29, 1.82) is 0 Å². The lowest BCUT2D eigenvalue weighted by molar-refractivity contribution is 0.0706. The zero-order chi connectivity index (χ0) is 17.2. The van der Waals surface area contributed by atoms with Crippen LogP contribution in [0, 0.1) is 0 Å². The van der Waals surface area contributed by atoms with E-state index in [9.17, 15) is 4.79 Å². The first kappa shape index (κ1) is 17.7. The van der Waals surface area contributed by atoms with Crippen LogP contribution in [0.5, 0.6) is 0 Å². The van der Waals surface area contributed by atoms with Crippen LogP contribution in [0.4, 0.5) is 11.4 Å². The number of hydrogen-bond donors (Lipinski definition) is 3.